The molecule has 1 aromatic rings. The Kier molecular flexibility index (Phi) is 5.18. The molecular weight excluding hydrogens is 274 g/mol. The molecule has 0 saturated heterocycles. The second kappa shape index (κ2) is 6.70. The molecule has 20 heavy (non-hydrogen) atoms. The molecular formula is C15H23NO3S. The first-order valence-corrected chi connectivity index (χ1v) is 8.74. The molecule has 2 rings (SSSR count). The summed E-state index contributed by atoms with van der Waals surface area (Å²) in [5.41, 5.74) is 0.446. The van der Waals surface area contributed by atoms with Crippen LogP contribution in [0.15, 0.2) is 29.2 Å². The van der Waals surface area contributed by atoms with Crippen LogP contribution in [0.25, 0.3) is 0 Å². The van der Waals surface area contributed by atoms with Crippen LogP contribution in [0.2, 0.25) is 0 Å². The zero-order valence-corrected chi connectivity index (χ0v) is 12.7. The predicted octanol–water partition coefficient (Wildman–Crippen LogP) is 2.43. The third-order valence-electron chi connectivity index (χ3n) is 4.10. The van der Waals surface area contributed by atoms with Gasteiger partial charge in [-0.15, -0.1) is 0 Å². The Bertz CT molecular complexity index is 542. The minimum absolute atomic E-state index is 0.00533. The largest absolute Gasteiger partial charge is 0.392 e. The molecule has 0 radical (unpaired) electrons. The van der Waals surface area contributed by atoms with Gasteiger partial charge < -0.3 is 5.11 Å². The quantitative estimate of drug-likeness (QED) is 0.839. The van der Waals surface area contributed by atoms with Crippen molar-refractivity contribution < 1.29 is 13.5 Å². The highest BCUT2D eigenvalue weighted by Gasteiger charge is 2.26. The van der Waals surface area contributed by atoms with Crippen molar-refractivity contribution in [3.8, 4) is 0 Å². The van der Waals surface area contributed by atoms with Crippen LogP contribution in [-0.2, 0) is 16.6 Å². The lowest BCUT2D eigenvalue weighted by molar-refractivity contribution is 0.278. The Hall–Kier alpha value is -0.910. The van der Waals surface area contributed by atoms with E-state index in [1.54, 1.807) is 24.3 Å². The summed E-state index contributed by atoms with van der Waals surface area (Å²) in [6.07, 6.45) is 5.37. The Morgan fingerprint density at radius 2 is 1.90 bits per heavy atom. The molecule has 5 heteroatoms. The molecule has 2 N–H and O–H groups in total. The van der Waals surface area contributed by atoms with Crippen molar-refractivity contribution in [3.63, 3.8) is 0 Å². The molecule has 1 fully saturated rings. The Labute approximate surface area is 121 Å². The van der Waals surface area contributed by atoms with Gasteiger partial charge >= 0.3 is 0 Å². The van der Waals surface area contributed by atoms with Gasteiger partial charge in [-0.1, -0.05) is 44.4 Å². The fourth-order valence-electron chi connectivity index (χ4n) is 2.83. The molecule has 0 aromatic heterocycles. The molecule has 0 aliphatic heterocycles. The summed E-state index contributed by atoms with van der Waals surface area (Å²) in [6.45, 7) is 1.84. The van der Waals surface area contributed by atoms with Crippen molar-refractivity contribution in [2.75, 3.05) is 0 Å². The van der Waals surface area contributed by atoms with E-state index in [0.717, 1.165) is 19.3 Å². The molecule has 2 unspecified atom stereocenters. The first-order valence-electron chi connectivity index (χ1n) is 7.25. The number of aliphatic hydroxyl groups excluding tert-OH is 1. The summed E-state index contributed by atoms with van der Waals surface area (Å²) < 4.78 is 27.9. The van der Waals surface area contributed by atoms with Crippen molar-refractivity contribution in [1.29, 1.82) is 0 Å². The maximum absolute atomic E-state index is 12.5. The highest BCUT2D eigenvalue weighted by molar-refractivity contribution is 7.89. The highest BCUT2D eigenvalue weighted by Crippen LogP contribution is 2.25. The van der Waals surface area contributed by atoms with Crippen molar-refractivity contribution in [2.45, 2.75) is 56.6 Å². The molecule has 1 aromatic carbocycles. The number of nitrogens with one attached hydrogen (secondary N) is 1. The summed E-state index contributed by atoms with van der Waals surface area (Å²) >= 11 is 0. The van der Waals surface area contributed by atoms with Gasteiger partial charge in [0.15, 0.2) is 0 Å². The molecule has 1 saturated carbocycles. The molecule has 0 spiro atoms. The summed E-state index contributed by atoms with van der Waals surface area (Å²) in [5, 5.41) is 9.29. The smallest absolute Gasteiger partial charge is 0.241 e. The van der Waals surface area contributed by atoms with Gasteiger partial charge in [-0.3, -0.25) is 0 Å². The lowest BCUT2D eigenvalue weighted by Gasteiger charge is -2.23. The Morgan fingerprint density at radius 3 is 2.65 bits per heavy atom. The van der Waals surface area contributed by atoms with Gasteiger partial charge in [0.25, 0.3) is 0 Å². The van der Waals surface area contributed by atoms with Crippen LogP contribution in [0.5, 0.6) is 0 Å². The van der Waals surface area contributed by atoms with Gasteiger partial charge in [0.2, 0.25) is 10.0 Å². The summed E-state index contributed by atoms with van der Waals surface area (Å²) in [5.74, 6) is 0.355. The molecule has 0 amide bonds. The lowest BCUT2D eigenvalue weighted by Crippen LogP contribution is -2.39. The Balaban J connectivity index is 2.22. The number of sulfonamides is 1. The monoisotopic (exact) mass is 297 g/mol. The number of aliphatic hydroxyl groups is 1. The molecule has 1 aliphatic carbocycles. The summed E-state index contributed by atoms with van der Waals surface area (Å²) in [6, 6.07) is 6.61. The summed E-state index contributed by atoms with van der Waals surface area (Å²) in [4.78, 5) is 0.193. The van der Waals surface area contributed by atoms with Crippen molar-refractivity contribution in [3.05, 3.63) is 29.8 Å². The van der Waals surface area contributed by atoms with Crippen LogP contribution >= 0.6 is 0 Å². The van der Waals surface area contributed by atoms with E-state index in [4.69, 9.17) is 0 Å². The number of hydrogen-bond acceptors (Lipinski definition) is 3. The van der Waals surface area contributed by atoms with Crippen LogP contribution in [0.3, 0.4) is 0 Å². The van der Waals surface area contributed by atoms with E-state index in [9.17, 15) is 13.5 Å². The zero-order chi connectivity index (χ0) is 14.6. The third kappa shape index (κ3) is 3.59. The average molecular weight is 297 g/mol. The lowest BCUT2D eigenvalue weighted by atomic mass is 9.98. The molecule has 112 valence electrons. The molecule has 1 aliphatic rings. The normalized spacial score (nSPS) is 24.3. The van der Waals surface area contributed by atoms with E-state index in [-0.39, 0.29) is 17.5 Å². The Morgan fingerprint density at radius 1 is 1.20 bits per heavy atom. The zero-order valence-electron chi connectivity index (χ0n) is 11.9. The molecule has 2 atom stereocenters. The van der Waals surface area contributed by atoms with Gasteiger partial charge in [-0.25, -0.2) is 13.1 Å². The number of rotatable bonds is 4. The van der Waals surface area contributed by atoms with E-state index in [1.807, 2.05) is 0 Å². The molecule has 0 heterocycles. The maximum atomic E-state index is 12.5. The maximum Gasteiger partial charge on any atom is 0.241 e. The van der Waals surface area contributed by atoms with Crippen molar-refractivity contribution in [1.82, 2.24) is 4.72 Å². The van der Waals surface area contributed by atoms with Crippen LogP contribution < -0.4 is 4.72 Å². The summed E-state index contributed by atoms with van der Waals surface area (Å²) in [7, 11) is -3.56. The molecule has 4 nitrogen and oxygen atoms in total. The van der Waals surface area contributed by atoms with Gasteiger partial charge in [-0.2, -0.15) is 0 Å². The highest BCUT2D eigenvalue weighted by atomic mass is 32.2. The topological polar surface area (TPSA) is 66.4 Å². The minimum atomic E-state index is -3.56. The second-order valence-corrected chi connectivity index (χ2v) is 7.29. The van der Waals surface area contributed by atoms with Crippen molar-refractivity contribution in [2.24, 2.45) is 5.92 Å². The van der Waals surface area contributed by atoms with Crippen LogP contribution in [0.4, 0.5) is 0 Å². The van der Waals surface area contributed by atoms with Crippen molar-refractivity contribution >= 4 is 10.0 Å². The molecule has 0 bridgehead atoms. The fourth-order valence-corrected chi connectivity index (χ4v) is 4.44. The SMILES string of the molecule is CC1CCCCCC1NS(=O)(=O)c1ccccc1CO. The van der Waals surface area contributed by atoms with E-state index in [0.29, 0.717) is 11.5 Å². The van der Waals surface area contributed by atoms with E-state index >= 15 is 0 Å². The standard InChI is InChI=1S/C15H23NO3S/c1-12-7-3-2-4-9-14(12)16-20(18,19)15-10-6-5-8-13(15)11-17/h5-6,8,10,12,14,16-17H,2-4,7,9,11H2,1H3. The first-order chi connectivity index (χ1) is 9.54. The number of hydrogen-bond donors (Lipinski definition) is 2. The van der Waals surface area contributed by atoms with Crippen LogP contribution in [-0.4, -0.2) is 19.6 Å². The van der Waals surface area contributed by atoms with Gasteiger partial charge in [0.1, 0.15) is 0 Å². The fraction of sp³-hybridized carbons (Fsp3) is 0.600. The van der Waals surface area contributed by atoms with Gasteiger partial charge in [0, 0.05) is 6.04 Å². The van der Waals surface area contributed by atoms with Crippen LogP contribution in [0.1, 0.15) is 44.6 Å². The predicted molar refractivity (Wildman–Crippen MR) is 78.7 cm³/mol. The number of benzene rings is 1. The van der Waals surface area contributed by atoms with E-state index in [2.05, 4.69) is 11.6 Å². The van der Waals surface area contributed by atoms with Gasteiger partial charge in [-0.05, 0) is 30.4 Å². The third-order valence-corrected chi connectivity index (χ3v) is 5.69. The minimum Gasteiger partial charge on any atom is -0.392 e. The first kappa shape index (κ1) is 15.5. The van der Waals surface area contributed by atoms with Crippen LogP contribution in [0, 0.1) is 5.92 Å². The van der Waals surface area contributed by atoms with Gasteiger partial charge in [0.05, 0.1) is 11.5 Å². The average Bonchev–Trinajstić information content (AvgIpc) is 2.64. The van der Waals surface area contributed by atoms with E-state index < -0.39 is 10.0 Å². The second-order valence-electron chi connectivity index (χ2n) is 5.61. The van der Waals surface area contributed by atoms with E-state index in [1.165, 1.54) is 12.8 Å².